The van der Waals surface area contributed by atoms with E-state index < -0.39 is 11.9 Å². The smallest absolute Gasteiger partial charge is 0.314 e. The van der Waals surface area contributed by atoms with E-state index in [9.17, 15) is 15.0 Å². The van der Waals surface area contributed by atoms with Crippen LogP contribution in [-0.2, 0) is 16.0 Å². The number of benzene rings is 2. The first-order valence-electron chi connectivity index (χ1n) is 7.47. The van der Waals surface area contributed by atoms with Crippen LogP contribution in [0, 0.1) is 5.92 Å². The van der Waals surface area contributed by atoms with E-state index in [2.05, 4.69) is 4.99 Å². The number of ether oxygens (including phenoxy) is 1. The molecule has 2 aromatic rings. The number of phenolic OH excluding ortho intramolecular Hbond substituents is 2. The SMILES string of the molecule is CCOC(=O)C(C=Nc1ccc(O)cc1)Cc1ccc(O)cc1Cl. The van der Waals surface area contributed by atoms with Crippen molar-refractivity contribution in [2.24, 2.45) is 10.9 Å². The molecule has 0 aliphatic carbocycles. The Labute approximate surface area is 145 Å². The third-order valence-electron chi connectivity index (χ3n) is 3.32. The molecule has 0 fully saturated rings. The zero-order valence-electron chi connectivity index (χ0n) is 13.1. The maximum Gasteiger partial charge on any atom is 0.314 e. The molecule has 0 heterocycles. The molecule has 0 aliphatic rings. The molecule has 1 unspecified atom stereocenters. The topological polar surface area (TPSA) is 79.1 Å². The molecule has 0 bridgehead atoms. The fraction of sp³-hybridized carbons (Fsp3) is 0.222. The molecule has 2 N–H and O–H groups in total. The Bertz CT molecular complexity index is 728. The van der Waals surface area contributed by atoms with Gasteiger partial charge in [-0.15, -0.1) is 0 Å². The Hall–Kier alpha value is -2.53. The van der Waals surface area contributed by atoms with Gasteiger partial charge in [-0.2, -0.15) is 0 Å². The lowest BCUT2D eigenvalue weighted by Crippen LogP contribution is -2.21. The second kappa shape index (κ2) is 8.36. The fourth-order valence-corrected chi connectivity index (χ4v) is 2.35. The van der Waals surface area contributed by atoms with Crippen molar-refractivity contribution in [2.45, 2.75) is 13.3 Å². The molecule has 0 radical (unpaired) electrons. The quantitative estimate of drug-likeness (QED) is 0.614. The third-order valence-corrected chi connectivity index (χ3v) is 3.67. The molecule has 1 atom stereocenters. The molecule has 5 nitrogen and oxygen atoms in total. The van der Waals surface area contributed by atoms with Crippen molar-refractivity contribution in [1.82, 2.24) is 0 Å². The lowest BCUT2D eigenvalue weighted by molar-refractivity contribution is -0.145. The molecule has 0 aliphatic heterocycles. The minimum atomic E-state index is -0.610. The van der Waals surface area contributed by atoms with Crippen LogP contribution in [0.25, 0.3) is 0 Å². The van der Waals surface area contributed by atoms with Crippen LogP contribution in [0.15, 0.2) is 47.5 Å². The van der Waals surface area contributed by atoms with Crippen molar-refractivity contribution in [3.05, 3.63) is 53.1 Å². The van der Waals surface area contributed by atoms with Crippen LogP contribution in [-0.4, -0.2) is 29.0 Å². The summed E-state index contributed by atoms with van der Waals surface area (Å²) in [6.07, 6.45) is 1.81. The Kier molecular flexibility index (Phi) is 6.21. The molecule has 6 heteroatoms. The monoisotopic (exact) mass is 347 g/mol. The van der Waals surface area contributed by atoms with Gasteiger partial charge in [-0.1, -0.05) is 17.7 Å². The molecule has 0 aromatic heterocycles. The first-order valence-corrected chi connectivity index (χ1v) is 7.84. The van der Waals surface area contributed by atoms with Gasteiger partial charge in [0.25, 0.3) is 0 Å². The number of aromatic hydroxyl groups is 2. The van der Waals surface area contributed by atoms with Crippen molar-refractivity contribution in [1.29, 1.82) is 0 Å². The van der Waals surface area contributed by atoms with Gasteiger partial charge in [-0.05, 0) is 55.3 Å². The van der Waals surface area contributed by atoms with Gasteiger partial charge in [0.2, 0.25) is 0 Å². The summed E-state index contributed by atoms with van der Waals surface area (Å²) in [5.41, 5.74) is 1.32. The van der Waals surface area contributed by atoms with Crippen molar-refractivity contribution < 1.29 is 19.7 Å². The zero-order chi connectivity index (χ0) is 17.5. The average Bonchev–Trinajstić information content (AvgIpc) is 2.55. The summed E-state index contributed by atoms with van der Waals surface area (Å²) < 4.78 is 5.08. The summed E-state index contributed by atoms with van der Waals surface area (Å²) in [6, 6.07) is 10.9. The van der Waals surface area contributed by atoms with E-state index >= 15 is 0 Å². The molecular weight excluding hydrogens is 330 g/mol. The first-order chi connectivity index (χ1) is 11.5. The van der Waals surface area contributed by atoms with Crippen molar-refractivity contribution in [2.75, 3.05) is 6.61 Å². The molecule has 0 saturated heterocycles. The van der Waals surface area contributed by atoms with Gasteiger partial charge in [0, 0.05) is 11.2 Å². The normalized spacial score (nSPS) is 12.2. The summed E-state index contributed by atoms with van der Waals surface area (Å²) in [4.78, 5) is 16.4. The van der Waals surface area contributed by atoms with Crippen LogP contribution in [0.1, 0.15) is 12.5 Å². The Morgan fingerprint density at radius 3 is 2.50 bits per heavy atom. The van der Waals surface area contributed by atoms with E-state index in [4.69, 9.17) is 16.3 Å². The van der Waals surface area contributed by atoms with Gasteiger partial charge in [0.1, 0.15) is 11.5 Å². The molecule has 0 amide bonds. The third kappa shape index (κ3) is 4.99. The highest BCUT2D eigenvalue weighted by molar-refractivity contribution is 6.31. The maximum absolute atomic E-state index is 12.2. The number of carbonyl (C=O) groups is 1. The largest absolute Gasteiger partial charge is 0.508 e. The van der Waals surface area contributed by atoms with Gasteiger partial charge in [-0.3, -0.25) is 9.79 Å². The lowest BCUT2D eigenvalue weighted by Gasteiger charge is -2.12. The van der Waals surface area contributed by atoms with Gasteiger partial charge < -0.3 is 14.9 Å². The standard InChI is InChI=1S/C18H18ClNO4/c1-2-24-18(23)13(9-12-3-6-16(22)10-17(12)19)11-20-14-4-7-15(21)8-5-14/h3-8,10-11,13,21-22H,2,9H2,1H3. The minimum absolute atomic E-state index is 0.0641. The van der Waals surface area contributed by atoms with Crippen LogP contribution < -0.4 is 0 Å². The molecular formula is C18H18ClNO4. The number of hydrogen-bond acceptors (Lipinski definition) is 5. The predicted molar refractivity (Wildman–Crippen MR) is 93.2 cm³/mol. The van der Waals surface area contributed by atoms with Crippen molar-refractivity contribution in [3.8, 4) is 11.5 Å². The molecule has 126 valence electrons. The highest BCUT2D eigenvalue weighted by Crippen LogP contribution is 2.24. The van der Waals surface area contributed by atoms with Crippen LogP contribution >= 0.6 is 11.6 Å². The summed E-state index contributed by atoms with van der Waals surface area (Å²) in [5, 5.41) is 19.1. The summed E-state index contributed by atoms with van der Waals surface area (Å²) in [6.45, 7) is 2.01. The van der Waals surface area contributed by atoms with Crippen molar-refractivity contribution in [3.63, 3.8) is 0 Å². The van der Waals surface area contributed by atoms with Gasteiger partial charge in [0.15, 0.2) is 0 Å². The Morgan fingerprint density at radius 1 is 1.21 bits per heavy atom. The van der Waals surface area contributed by atoms with E-state index in [0.717, 1.165) is 0 Å². The minimum Gasteiger partial charge on any atom is -0.508 e. The number of carbonyl (C=O) groups excluding carboxylic acids is 1. The number of halogens is 1. The van der Waals surface area contributed by atoms with Gasteiger partial charge in [0.05, 0.1) is 18.2 Å². The molecule has 2 rings (SSSR count). The van der Waals surface area contributed by atoms with E-state index in [1.807, 2.05) is 0 Å². The number of aliphatic imine (C=N–C) groups is 1. The zero-order valence-corrected chi connectivity index (χ0v) is 13.9. The Morgan fingerprint density at radius 2 is 1.88 bits per heavy atom. The van der Waals surface area contributed by atoms with Crippen LogP contribution in [0.2, 0.25) is 5.02 Å². The van der Waals surface area contributed by atoms with Crippen LogP contribution in [0.5, 0.6) is 11.5 Å². The van der Waals surface area contributed by atoms with Gasteiger partial charge >= 0.3 is 5.97 Å². The maximum atomic E-state index is 12.2. The summed E-state index contributed by atoms with van der Waals surface area (Å²) in [7, 11) is 0. The van der Waals surface area contributed by atoms with E-state index in [1.165, 1.54) is 30.5 Å². The molecule has 0 spiro atoms. The summed E-state index contributed by atoms with van der Waals surface area (Å²) >= 11 is 6.11. The van der Waals surface area contributed by atoms with Crippen molar-refractivity contribution >= 4 is 29.5 Å². The van der Waals surface area contributed by atoms with E-state index in [-0.39, 0.29) is 18.1 Å². The van der Waals surface area contributed by atoms with Gasteiger partial charge in [-0.25, -0.2) is 0 Å². The lowest BCUT2D eigenvalue weighted by atomic mass is 10.00. The number of esters is 1. The number of hydrogen-bond donors (Lipinski definition) is 2. The molecule has 24 heavy (non-hydrogen) atoms. The number of rotatable bonds is 6. The first kappa shape index (κ1) is 17.8. The highest BCUT2D eigenvalue weighted by Gasteiger charge is 2.19. The second-order valence-corrected chi connectivity index (χ2v) is 5.54. The Balaban J connectivity index is 2.20. The molecule has 2 aromatic carbocycles. The fourth-order valence-electron chi connectivity index (χ4n) is 2.10. The summed E-state index contributed by atoms with van der Waals surface area (Å²) in [5.74, 6) is -0.800. The number of phenols is 2. The average molecular weight is 348 g/mol. The van der Waals surface area contributed by atoms with Crippen LogP contribution in [0.4, 0.5) is 5.69 Å². The predicted octanol–water partition coefficient (Wildman–Crippen LogP) is 3.88. The highest BCUT2D eigenvalue weighted by atomic mass is 35.5. The van der Waals surface area contributed by atoms with E-state index in [0.29, 0.717) is 22.7 Å². The molecule has 0 saturated carbocycles. The van der Waals surface area contributed by atoms with E-state index in [1.54, 1.807) is 25.1 Å². The van der Waals surface area contributed by atoms with Crippen LogP contribution in [0.3, 0.4) is 0 Å². The second-order valence-electron chi connectivity index (χ2n) is 5.13. The number of nitrogens with zero attached hydrogens (tertiary/aromatic N) is 1.